The first kappa shape index (κ1) is 15.8. The maximum absolute atomic E-state index is 12.3. The van der Waals surface area contributed by atoms with E-state index in [-0.39, 0.29) is 0 Å². The molecule has 2 aliphatic heterocycles. The van der Waals surface area contributed by atoms with E-state index in [4.69, 9.17) is 0 Å². The number of likely N-dealkylation sites (tertiary alicyclic amines) is 2. The minimum Gasteiger partial charge on any atom is -0.342 e. The van der Waals surface area contributed by atoms with Gasteiger partial charge >= 0.3 is 0 Å². The predicted molar refractivity (Wildman–Crippen MR) is 82.8 cm³/mol. The normalized spacial score (nSPS) is 25.0. The lowest BCUT2D eigenvalue weighted by Crippen LogP contribution is -2.46. The molecule has 2 saturated heterocycles. The number of carbonyl (C=O) groups excluding carboxylic acids is 1. The molecule has 0 aromatic carbocycles. The van der Waals surface area contributed by atoms with Crippen LogP contribution in [0.15, 0.2) is 0 Å². The van der Waals surface area contributed by atoms with E-state index in [2.05, 4.69) is 23.6 Å². The molecule has 2 fully saturated rings. The highest BCUT2D eigenvalue weighted by molar-refractivity contribution is 5.78. The van der Waals surface area contributed by atoms with Crippen LogP contribution in [0.1, 0.15) is 46.0 Å². The molecule has 20 heavy (non-hydrogen) atoms. The van der Waals surface area contributed by atoms with Crippen molar-refractivity contribution in [2.75, 3.05) is 45.8 Å². The van der Waals surface area contributed by atoms with Crippen LogP contribution in [-0.4, -0.2) is 72.5 Å². The molecule has 2 aliphatic rings. The number of likely N-dealkylation sites (N-methyl/N-ethyl adjacent to an activating group) is 1. The first-order chi connectivity index (χ1) is 9.74. The second kappa shape index (κ2) is 7.99. The first-order valence-electron chi connectivity index (χ1n) is 8.48. The van der Waals surface area contributed by atoms with Gasteiger partial charge in [0.25, 0.3) is 0 Å². The van der Waals surface area contributed by atoms with E-state index >= 15 is 0 Å². The summed E-state index contributed by atoms with van der Waals surface area (Å²) >= 11 is 0. The fraction of sp³-hybridized carbons (Fsp3) is 0.938. The summed E-state index contributed by atoms with van der Waals surface area (Å²) in [6.07, 6.45) is 6.62. The second-order valence-electron chi connectivity index (χ2n) is 6.19. The van der Waals surface area contributed by atoms with E-state index in [1.807, 2.05) is 4.90 Å². The van der Waals surface area contributed by atoms with Crippen LogP contribution in [0.2, 0.25) is 0 Å². The van der Waals surface area contributed by atoms with Crippen LogP contribution in [0, 0.1) is 0 Å². The van der Waals surface area contributed by atoms with Gasteiger partial charge in [0.15, 0.2) is 0 Å². The molecule has 2 rings (SSSR count). The Hall–Kier alpha value is -0.610. The lowest BCUT2D eigenvalue weighted by Gasteiger charge is -2.33. The Bertz CT molecular complexity index is 298. The Kier molecular flexibility index (Phi) is 6.30. The Morgan fingerprint density at radius 3 is 2.40 bits per heavy atom. The Labute approximate surface area is 124 Å². The van der Waals surface area contributed by atoms with Crippen molar-refractivity contribution in [3.63, 3.8) is 0 Å². The molecule has 0 saturated carbocycles. The molecule has 0 radical (unpaired) electrons. The summed E-state index contributed by atoms with van der Waals surface area (Å²) in [5.74, 6) is 0.306. The summed E-state index contributed by atoms with van der Waals surface area (Å²) in [5, 5.41) is 0. The van der Waals surface area contributed by atoms with Crippen LogP contribution >= 0.6 is 0 Å². The van der Waals surface area contributed by atoms with Crippen LogP contribution in [0.4, 0.5) is 0 Å². The standard InChI is InChI=1S/C16H31N3O/c1-3-18(4-2)16(20)14-19-12-8-9-15(19)13-17-10-6-5-7-11-17/h15H,3-14H2,1-2H3. The molecule has 1 unspecified atom stereocenters. The van der Waals surface area contributed by atoms with Crippen LogP contribution in [0.3, 0.4) is 0 Å². The van der Waals surface area contributed by atoms with Crippen molar-refractivity contribution in [2.24, 2.45) is 0 Å². The van der Waals surface area contributed by atoms with E-state index < -0.39 is 0 Å². The maximum Gasteiger partial charge on any atom is 0.236 e. The topological polar surface area (TPSA) is 26.8 Å². The minimum absolute atomic E-state index is 0.306. The maximum atomic E-state index is 12.3. The van der Waals surface area contributed by atoms with Crippen molar-refractivity contribution in [3.05, 3.63) is 0 Å². The molecular weight excluding hydrogens is 250 g/mol. The molecule has 1 atom stereocenters. The number of amides is 1. The number of rotatable bonds is 6. The summed E-state index contributed by atoms with van der Waals surface area (Å²) in [6, 6.07) is 0.604. The van der Waals surface area contributed by atoms with Crippen molar-refractivity contribution in [2.45, 2.75) is 52.0 Å². The largest absolute Gasteiger partial charge is 0.342 e. The Morgan fingerprint density at radius 1 is 1.05 bits per heavy atom. The quantitative estimate of drug-likeness (QED) is 0.743. The summed E-state index contributed by atoms with van der Waals surface area (Å²) < 4.78 is 0. The van der Waals surface area contributed by atoms with Gasteiger partial charge in [0.2, 0.25) is 5.91 Å². The highest BCUT2D eigenvalue weighted by Crippen LogP contribution is 2.20. The van der Waals surface area contributed by atoms with Gasteiger partial charge in [-0.05, 0) is 59.2 Å². The van der Waals surface area contributed by atoms with E-state index in [0.29, 0.717) is 18.5 Å². The Balaban J connectivity index is 1.82. The van der Waals surface area contributed by atoms with Crippen molar-refractivity contribution < 1.29 is 4.79 Å². The van der Waals surface area contributed by atoms with Gasteiger partial charge in [-0.2, -0.15) is 0 Å². The van der Waals surface area contributed by atoms with Crippen LogP contribution in [-0.2, 0) is 4.79 Å². The molecule has 4 heteroatoms. The molecule has 0 aromatic rings. The molecule has 0 bridgehead atoms. The highest BCUT2D eigenvalue weighted by atomic mass is 16.2. The molecule has 0 aromatic heterocycles. The summed E-state index contributed by atoms with van der Waals surface area (Å²) in [6.45, 7) is 11.2. The third kappa shape index (κ3) is 4.19. The van der Waals surface area contributed by atoms with Crippen molar-refractivity contribution >= 4 is 5.91 Å². The van der Waals surface area contributed by atoms with Gasteiger partial charge in [0.05, 0.1) is 6.54 Å². The fourth-order valence-electron chi connectivity index (χ4n) is 3.60. The molecule has 116 valence electrons. The van der Waals surface area contributed by atoms with Crippen molar-refractivity contribution in [3.8, 4) is 0 Å². The average molecular weight is 281 g/mol. The zero-order chi connectivity index (χ0) is 14.4. The lowest BCUT2D eigenvalue weighted by atomic mass is 10.1. The summed E-state index contributed by atoms with van der Waals surface area (Å²) in [4.78, 5) is 19.3. The van der Waals surface area contributed by atoms with Crippen LogP contribution in [0.25, 0.3) is 0 Å². The Morgan fingerprint density at radius 2 is 1.75 bits per heavy atom. The van der Waals surface area contributed by atoms with Gasteiger partial charge in [0, 0.05) is 25.7 Å². The van der Waals surface area contributed by atoms with Gasteiger partial charge in [-0.3, -0.25) is 9.69 Å². The smallest absolute Gasteiger partial charge is 0.236 e. The summed E-state index contributed by atoms with van der Waals surface area (Å²) in [5.41, 5.74) is 0. The second-order valence-corrected chi connectivity index (χ2v) is 6.19. The van der Waals surface area contributed by atoms with E-state index in [9.17, 15) is 4.79 Å². The fourth-order valence-corrected chi connectivity index (χ4v) is 3.60. The monoisotopic (exact) mass is 281 g/mol. The van der Waals surface area contributed by atoms with Crippen molar-refractivity contribution in [1.29, 1.82) is 0 Å². The van der Waals surface area contributed by atoms with Gasteiger partial charge in [-0.15, -0.1) is 0 Å². The average Bonchev–Trinajstić information content (AvgIpc) is 2.88. The highest BCUT2D eigenvalue weighted by Gasteiger charge is 2.29. The molecule has 4 nitrogen and oxygen atoms in total. The number of carbonyl (C=O) groups is 1. The number of piperidine rings is 1. The first-order valence-corrected chi connectivity index (χ1v) is 8.48. The van der Waals surface area contributed by atoms with Crippen LogP contribution < -0.4 is 0 Å². The molecule has 0 N–H and O–H groups in total. The van der Waals surface area contributed by atoms with Gasteiger partial charge in [-0.1, -0.05) is 6.42 Å². The molecule has 0 spiro atoms. The van der Waals surface area contributed by atoms with Crippen molar-refractivity contribution in [1.82, 2.24) is 14.7 Å². The third-order valence-electron chi connectivity index (χ3n) is 4.87. The molecular formula is C16H31N3O. The SMILES string of the molecule is CCN(CC)C(=O)CN1CCCC1CN1CCCCC1. The lowest BCUT2D eigenvalue weighted by molar-refractivity contribution is -0.132. The number of hydrogen-bond donors (Lipinski definition) is 0. The van der Waals surface area contributed by atoms with E-state index in [1.165, 1.54) is 51.7 Å². The van der Waals surface area contributed by atoms with Gasteiger partial charge < -0.3 is 9.80 Å². The predicted octanol–water partition coefficient (Wildman–Crippen LogP) is 1.81. The molecule has 1 amide bonds. The number of nitrogens with zero attached hydrogens (tertiary/aromatic N) is 3. The van der Waals surface area contributed by atoms with Gasteiger partial charge in [0.1, 0.15) is 0 Å². The molecule has 2 heterocycles. The molecule has 0 aliphatic carbocycles. The van der Waals surface area contributed by atoms with E-state index in [0.717, 1.165) is 19.6 Å². The van der Waals surface area contributed by atoms with Crippen LogP contribution in [0.5, 0.6) is 0 Å². The number of hydrogen-bond acceptors (Lipinski definition) is 3. The minimum atomic E-state index is 0.306. The zero-order valence-electron chi connectivity index (χ0n) is 13.3. The van der Waals surface area contributed by atoms with E-state index in [1.54, 1.807) is 0 Å². The zero-order valence-corrected chi connectivity index (χ0v) is 13.3. The van der Waals surface area contributed by atoms with Gasteiger partial charge in [-0.25, -0.2) is 0 Å². The third-order valence-corrected chi connectivity index (χ3v) is 4.87. The summed E-state index contributed by atoms with van der Waals surface area (Å²) in [7, 11) is 0.